The zero-order valence-electron chi connectivity index (χ0n) is 9.30. The number of hydrogen-bond donors (Lipinski definition) is 0. The number of halogens is 1. The number of rotatable bonds is 8. The standard InChI is InChI=1S/C12H23IS/c1-2-3-4-5-9-12(14-13)10-11-7-6-8-11/h11-12H,2-10H2,1H3. The van der Waals surface area contributed by atoms with Gasteiger partial charge in [0.05, 0.1) is 0 Å². The molecule has 0 bridgehead atoms. The van der Waals surface area contributed by atoms with Gasteiger partial charge in [-0.15, -0.1) is 0 Å². The summed E-state index contributed by atoms with van der Waals surface area (Å²) >= 11 is 2.50. The van der Waals surface area contributed by atoms with Crippen LogP contribution in [0.4, 0.5) is 0 Å². The molecule has 1 unspecified atom stereocenters. The summed E-state index contributed by atoms with van der Waals surface area (Å²) in [6.45, 7) is 2.29. The highest BCUT2D eigenvalue weighted by atomic mass is 127. The summed E-state index contributed by atoms with van der Waals surface area (Å²) in [5.41, 5.74) is 0. The molecule has 0 aromatic carbocycles. The topological polar surface area (TPSA) is 0 Å². The number of unbranched alkanes of at least 4 members (excludes halogenated alkanes) is 3. The Labute approximate surface area is 106 Å². The Kier molecular flexibility index (Phi) is 7.75. The molecule has 0 spiro atoms. The van der Waals surface area contributed by atoms with Gasteiger partial charge in [-0.1, -0.05) is 60.8 Å². The molecule has 0 amide bonds. The first-order valence-corrected chi connectivity index (χ1v) is 9.56. The molecule has 0 N–H and O–H groups in total. The van der Waals surface area contributed by atoms with Gasteiger partial charge in [-0.2, -0.15) is 0 Å². The zero-order valence-corrected chi connectivity index (χ0v) is 12.3. The maximum absolute atomic E-state index is 2.50. The molecule has 1 aliphatic rings. The molecule has 0 saturated heterocycles. The van der Waals surface area contributed by atoms with E-state index in [1.54, 1.807) is 0 Å². The maximum Gasteiger partial charge on any atom is 0.0150 e. The second kappa shape index (κ2) is 8.26. The molecular formula is C12H23IS. The summed E-state index contributed by atoms with van der Waals surface area (Å²) in [5, 5.41) is 0.956. The molecule has 0 radical (unpaired) electrons. The summed E-state index contributed by atoms with van der Waals surface area (Å²) < 4.78 is 0. The van der Waals surface area contributed by atoms with Crippen molar-refractivity contribution in [2.45, 2.75) is 70.0 Å². The van der Waals surface area contributed by atoms with Gasteiger partial charge in [0.15, 0.2) is 0 Å². The van der Waals surface area contributed by atoms with E-state index in [0.717, 1.165) is 11.2 Å². The van der Waals surface area contributed by atoms with Gasteiger partial charge in [0.25, 0.3) is 0 Å². The predicted octanol–water partition coefficient (Wildman–Crippen LogP) is 5.60. The van der Waals surface area contributed by atoms with Crippen molar-refractivity contribution in [1.29, 1.82) is 0 Å². The fourth-order valence-electron chi connectivity index (χ4n) is 2.10. The molecule has 0 aromatic rings. The van der Waals surface area contributed by atoms with E-state index in [0.29, 0.717) is 0 Å². The van der Waals surface area contributed by atoms with Crippen LogP contribution in [0.3, 0.4) is 0 Å². The minimum Gasteiger partial charge on any atom is -0.0859 e. The molecule has 0 aromatic heterocycles. The highest BCUT2D eigenvalue weighted by Gasteiger charge is 2.21. The minimum atomic E-state index is 0.956. The Balaban J connectivity index is 1.99. The third-order valence-electron chi connectivity index (χ3n) is 3.33. The second-order valence-corrected chi connectivity index (χ2v) is 6.96. The molecule has 0 heterocycles. The van der Waals surface area contributed by atoms with Gasteiger partial charge in [-0.3, -0.25) is 0 Å². The van der Waals surface area contributed by atoms with Crippen molar-refractivity contribution in [1.82, 2.24) is 0 Å². The Hall–Kier alpha value is 1.08. The zero-order chi connectivity index (χ0) is 10.2. The van der Waals surface area contributed by atoms with E-state index in [-0.39, 0.29) is 0 Å². The van der Waals surface area contributed by atoms with Crippen molar-refractivity contribution in [2.75, 3.05) is 0 Å². The highest BCUT2D eigenvalue weighted by Crippen LogP contribution is 2.37. The van der Waals surface area contributed by atoms with E-state index < -0.39 is 0 Å². The molecule has 14 heavy (non-hydrogen) atoms. The van der Waals surface area contributed by atoms with Crippen LogP contribution in [0.15, 0.2) is 0 Å². The summed E-state index contributed by atoms with van der Waals surface area (Å²) in [6, 6.07) is 0. The van der Waals surface area contributed by atoms with Crippen LogP contribution in [0.5, 0.6) is 0 Å². The van der Waals surface area contributed by atoms with Crippen molar-refractivity contribution < 1.29 is 0 Å². The SMILES string of the molecule is CCCCCCC(CC1CCC1)SI. The van der Waals surface area contributed by atoms with Crippen molar-refractivity contribution in [2.24, 2.45) is 5.92 Å². The first-order chi connectivity index (χ1) is 6.86. The number of hydrogen-bond acceptors (Lipinski definition) is 1. The van der Waals surface area contributed by atoms with Crippen LogP contribution in [-0.2, 0) is 0 Å². The van der Waals surface area contributed by atoms with Crippen LogP contribution < -0.4 is 0 Å². The lowest BCUT2D eigenvalue weighted by Gasteiger charge is -2.28. The average molecular weight is 326 g/mol. The van der Waals surface area contributed by atoms with Crippen LogP contribution in [-0.4, -0.2) is 5.25 Å². The van der Waals surface area contributed by atoms with Crippen molar-refractivity contribution in [3.05, 3.63) is 0 Å². The first kappa shape index (κ1) is 13.1. The molecule has 1 aliphatic carbocycles. The van der Waals surface area contributed by atoms with E-state index in [4.69, 9.17) is 0 Å². The summed E-state index contributed by atoms with van der Waals surface area (Å²) in [4.78, 5) is 0. The molecule has 0 aliphatic heterocycles. The van der Waals surface area contributed by atoms with Crippen LogP contribution in [0.2, 0.25) is 0 Å². The van der Waals surface area contributed by atoms with E-state index in [1.807, 2.05) is 0 Å². The highest BCUT2D eigenvalue weighted by molar-refractivity contribution is 14.2. The van der Waals surface area contributed by atoms with Crippen LogP contribution in [0.1, 0.15) is 64.7 Å². The van der Waals surface area contributed by atoms with Gasteiger partial charge in [-0.25, -0.2) is 0 Å². The van der Waals surface area contributed by atoms with Gasteiger partial charge < -0.3 is 0 Å². The molecule has 1 fully saturated rings. The predicted molar refractivity (Wildman–Crippen MR) is 76.1 cm³/mol. The fourth-order valence-corrected chi connectivity index (χ4v) is 4.08. The average Bonchev–Trinajstić information content (AvgIpc) is 2.14. The lowest BCUT2D eigenvalue weighted by Crippen LogP contribution is -2.16. The lowest BCUT2D eigenvalue weighted by atomic mass is 9.81. The van der Waals surface area contributed by atoms with Gasteiger partial charge in [0.2, 0.25) is 0 Å². The van der Waals surface area contributed by atoms with Crippen LogP contribution in [0.25, 0.3) is 0 Å². The summed E-state index contributed by atoms with van der Waals surface area (Å²) in [7, 11) is 2.08. The summed E-state index contributed by atoms with van der Waals surface area (Å²) in [5.74, 6) is 1.09. The summed E-state index contributed by atoms with van der Waals surface area (Å²) in [6.07, 6.45) is 13.2. The Morgan fingerprint density at radius 3 is 2.57 bits per heavy atom. The lowest BCUT2D eigenvalue weighted by molar-refractivity contribution is 0.290. The monoisotopic (exact) mass is 326 g/mol. The Bertz CT molecular complexity index is 134. The van der Waals surface area contributed by atoms with Gasteiger partial charge in [-0.05, 0) is 40.0 Å². The van der Waals surface area contributed by atoms with Crippen molar-refractivity contribution in [3.8, 4) is 0 Å². The third kappa shape index (κ3) is 5.24. The molecule has 84 valence electrons. The smallest absolute Gasteiger partial charge is 0.0150 e. The normalized spacial score (nSPS) is 19.3. The quantitative estimate of drug-likeness (QED) is 0.413. The molecule has 0 nitrogen and oxygen atoms in total. The third-order valence-corrected chi connectivity index (χ3v) is 6.16. The largest absolute Gasteiger partial charge is 0.0859 e. The van der Waals surface area contributed by atoms with Gasteiger partial charge in [0, 0.05) is 5.25 Å². The Morgan fingerprint density at radius 2 is 2.07 bits per heavy atom. The maximum atomic E-state index is 2.50. The molecule has 1 atom stereocenters. The van der Waals surface area contributed by atoms with E-state index in [1.165, 1.54) is 57.8 Å². The second-order valence-electron chi connectivity index (χ2n) is 4.59. The van der Waals surface area contributed by atoms with Crippen LogP contribution >= 0.6 is 30.1 Å². The molecular weight excluding hydrogens is 303 g/mol. The van der Waals surface area contributed by atoms with E-state index >= 15 is 0 Å². The van der Waals surface area contributed by atoms with Crippen molar-refractivity contribution >= 4 is 30.1 Å². The van der Waals surface area contributed by atoms with Gasteiger partial charge in [0.1, 0.15) is 0 Å². The van der Waals surface area contributed by atoms with Crippen LogP contribution in [0, 0.1) is 5.92 Å². The van der Waals surface area contributed by atoms with E-state index in [9.17, 15) is 0 Å². The molecule has 1 saturated carbocycles. The Morgan fingerprint density at radius 1 is 1.29 bits per heavy atom. The van der Waals surface area contributed by atoms with Gasteiger partial charge >= 0.3 is 0 Å². The molecule has 1 rings (SSSR count). The van der Waals surface area contributed by atoms with Crippen molar-refractivity contribution in [3.63, 3.8) is 0 Å². The first-order valence-electron chi connectivity index (χ1n) is 6.14. The fraction of sp³-hybridized carbons (Fsp3) is 1.00. The van der Waals surface area contributed by atoms with E-state index in [2.05, 4.69) is 37.1 Å². The minimum absolute atomic E-state index is 0.956. The molecule has 2 heteroatoms.